The summed E-state index contributed by atoms with van der Waals surface area (Å²) in [5, 5.41) is 12.3. The van der Waals surface area contributed by atoms with Gasteiger partial charge in [0.25, 0.3) is 0 Å². The van der Waals surface area contributed by atoms with Crippen LogP contribution in [0, 0.1) is 11.3 Å². The van der Waals surface area contributed by atoms with Crippen molar-refractivity contribution in [1.82, 2.24) is 10.3 Å². The van der Waals surface area contributed by atoms with E-state index in [1.807, 2.05) is 30.3 Å². The summed E-state index contributed by atoms with van der Waals surface area (Å²) in [6.07, 6.45) is 1.66. The van der Waals surface area contributed by atoms with Crippen LogP contribution in [0.3, 0.4) is 0 Å². The first-order valence-corrected chi connectivity index (χ1v) is 6.17. The Bertz CT molecular complexity index is 633. The number of nitriles is 1. The summed E-state index contributed by atoms with van der Waals surface area (Å²) < 4.78 is 5.62. The van der Waals surface area contributed by atoms with Gasteiger partial charge in [-0.25, -0.2) is 4.98 Å². The summed E-state index contributed by atoms with van der Waals surface area (Å²) in [7, 11) is 0. The number of nitrogens with one attached hydrogen (secondary N) is 1. The molecule has 94 valence electrons. The number of fused-ring (bicyclic) bond motifs is 1. The molecule has 1 unspecified atom stereocenters. The molecule has 0 radical (unpaired) electrons. The van der Waals surface area contributed by atoms with Crippen molar-refractivity contribution >= 4 is 0 Å². The molecule has 1 atom stereocenters. The second-order valence-corrected chi connectivity index (χ2v) is 4.44. The molecule has 4 heteroatoms. The zero-order chi connectivity index (χ0) is 13.1. The van der Waals surface area contributed by atoms with Crippen molar-refractivity contribution in [3.05, 3.63) is 59.4 Å². The molecule has 0 aliphatic carbocycles. The lowest BCUT2D eigenvalue weighted by atomic mass is 10.1. The number of pyridine rings is 1. The zero-order valence-corrected chi connectivity index (χ0v) is 10.3. The van der Waals surface area contributed by atoms with Gasteiger partial charge in [0.2, 0.25) is 0 Å². The van der Waals surface area contributed by atoms with E-state index in [9.17, 15) is 0 Å². The Hall–Kier alpha value is -2.38. The third-order valence-electron chi connectivity index (χ3n) is 3.19. The van der Waals surface area contributed by atoms with E-state index in [4.69, 9.17) is 10.00 Å². The lowest BCUT2D eigenvalue weighted by Gasteiger charge is -2.11. The van der Waals surface area contributed by atoms with Crippen molar-refractivity contribution in [3.63, 3.8) is 0 Å². The Morgan fingerprint density at radius 3 is 3.16 bits per heavy atom. The maximum Gasteiger partial charge on any atom is 0.140 e. The van der Waals surface area contributed by atoms with Crippen molar-refractivity contribution in [1.29, 1.82) is 5.26 Å². The second-order valence-electron chi connectivity index (χ2n) is 4.44. The number of nitrogens with zero attached hydrogens (tertiary/aromatic N) is 2. The third kappa shape index (κ3) is 2.42. The molecular formula is C15H13N3O. The van der Waals surface area contributed by atoms with Crippen LogP contribution in [0.15, 0.2) is 42.6 Å². The molecule has 2 heterocycles. The number of benzene rings is 1. The number of rotatable bonds is 3. The van der Waals surface area contributed by atoms with Crippen molar-refractivity contribution in [2.45, 2.75) is 12.6 Å². The summed E-state index contributed by atoms with van der Waals surface area (Å²) in [4.78, 5) is 3.96. The molecule has 2 aromatic rings. The minimum atomic E-state index is 0.204. The molecular weight excluding hydrogens is 238 g/mol. The molecule has 1 aromatic carbocycles. The highest BCUT2D eigenvalue weighted by Crippen LogP contribution is 2.31. The van der Waals surface area contributed by atoms with Crippen LogP contribution in [0.1, 0.15) is 22.9 Å². The lowest BCUT2D eigenvalue weighted by Crippen LogP contribution is -2.22. The Kier molecular flexibility index (Phi) is 3.13. The number of hydrogen-bond acceptors (Lipinski definition) is 4. The molecule has 0 fully saturated rings. The quantitative estimate of drug-likeness (QED) is 0.908. The van der Waals surface area contributed by atoms with E-state index in [2.05, 4.69) is 16.4 Å². The van der Waals surface area contributed by atoms with Gasteiger partial charge in [0, 0.05) is 18.3 Å². The van der Waals surface area contributed by atoms with Gasteiger partial charge < -0.3 is 10.1 Å². The molecule has 0 saturated heterocycles. The Labute approximate surface area is 111 Å². The number of para-hydroxylation sites is 1. The van der Waals surface area contributed by atoms with Crippen molar-refractivity contribution in [2.24, 2.45) is 0 Å². The summed E-state index contributed by atoms with van der Waals surface area (Å²) in [6.45, 7) is 1.34. The van der Waals surface area contributed by atoms with Crippen LogP contribution in [0.2, 0.25) is 0 Å². The van der Waals surface area contributed by atoms with Crippen LogP contribution in [0.25, 0.3) is 0 Å². The monoisotopic (exact) mass is 251 g/mol. The molecule has 1 N–H and O–H groups in total. The van der Waals surface area contributed by atoms with E-state index in [0.29, 0.717) is 18.8 Å². The van der Waals surface area contributed by atoms with Crippen LogP contribution in [0.5, 0.6) is 5.75 Å². The largest absolute Gasteiger partial charge is 0.491 e. The van der Waals surface area contributed by atoms with Gasteiger partial charge in [-0.2, -0.15) is 5.26 Å². The Morgan fingerprint density at radius 1 is 1.37 bits per heavy atom. The van der Waals surface area contributed by atoms with Crippen LogP contribution >= 0.6 is 0 Å². The minimum absolute atomic E-state index is 0.204. The van der Waals surface area contributed by atoms with E-state index in [-0.39, 0.29) is 6.04 Å². The van der Waals surface area contributed by atoms with Gasteiger partial charge in [0.05, 0.1) is 6.04 Å². The van der Waals surface area contributed by atoms with E-state index < -0.39 is 0 Å². The first-order valence-electron chi connectivity index (χ1n) is 6.17. The Balaban J connectivity index is 1.69. The SMILES string of the molecule is N#Cc1cc(CNC2COc3ccccc32)ccn1. The van der Waals surface area contributed by atoms with Gasteiger partial charge in [-0.3, -0.25) is 0 Å². The molecule has 1 aliphatic heterocycles. The summed E-state index contributed by atoms with van der Waals surface area (Å²) in [5.74, 6) is 0.951. The average Bonchev–Trinajstić information content (AvgIpc) is 2.89. The molecule has 0 spiro atoms. The van der Waals surface area contributed by atoms with Crippen LogP contribution in [-0.2, 0) is 6.54 Å². The first-order chi connectivity index (χ1) is 9.36. The number of ether oxygens (including phenoxy) is 1. The maximum absolute atomic E-state index is 8.82. The molecule has 0 amide bonds. The van der Waals surface area contributed by atoms with E-state index in [0.717, 1.165) is 11.3 Å². The fourth-order valence-corrected chi connectivity index (χ4v) is 2.22. The van der Waals surface area contributed by atoms with Gasteiger partial charge in [0.1, 0.15) is 24.1 Å². The normalized spacial score (nSPS) is 16.5. The van der Waals surface area contributed by atoms with Gasteiger partial charge >= 0.3 is 0 Å². The van der Waals surface area contributed by atoms with Gasteiger partial charge in [-0.1, -0.05) is 18.2 Å². The summed E-state index contributed by atoms with van der Waals surface area (Å²) >= 11 is 0. The predicted octanol–water partition coefficient (Wildman–Crippen LogP) is 2.18. The van der Waals surface area contributed by atoms with Gasteiger partial charge in [-0.15, -0.1) is 0 Å². The van der Waals surface area contributed by atoms with Gasteiger partial charge in [-0.05, 0) is 23.8 Å². The molecule has 1 aromatic heterocycles. The molecule has 1 aliphatic rings. The predicted molar refractivity (Wildman–Crippen MR) is 70.5 cm³/mol. The summed E-state index contributed by atoms with van der Waals surface area (Å²) in [6, 6.07) is 14.0. The van der Waals surface area contributed by atoms with Crippen molar-refractivity contribution in [3.8, 4) is 11.8 Å². The van der Waals surface area contributed by atoms with Gasteiger partial charge in [0.15, 0.2) is 0 Å². The molecule has 3 rings (SSSR count). The van der Waals surface area contributed by atoms with Crippen LogP contribution < -0.4 is 10.1 Å². The second kappa shape index (κ2) is 5.09. The maximum atomic E-state index is 8.82. The lowest BCUT2D eigenvalue weighted by molar-refractivity contribution is 0.310. The van der Waals surface area contributed by atoms with Crippen molar-refractivity contribution < 1.29 is 4.74 Å². The zero-order valence-electron chi connectivity index (χ0n) is 10.3. The molecule has 19 heavy (non-hydrogen) atoms. The highest BCUT2D eigenvalue weighted by atomic mass is 16.5. The third-order valence-corrected chi connectivity index (χ3v) is 3.19. The molecule has 0 saturated carbocycles. The van der Waals surface area contributed by atoms with E-state index in [1.54, 1.807) is 12.3 Å². The standard InChI is InChI=1S/C15H13N3O/c16-8-12-7-11(5-6-17-12)9-18-14-10-19-15-4-2-1-3-13(14)15/h1-7,14,18H,9-10H2. The Morgan fingerprint density at radius 2 is 2.26 bits per heavy atom. The van der Waals surface area contributed by atoms with Crippen LogP contribution in [0.4, 0.5) is 0 Å². The van der Waals surface area contributed by atoms with Crippen LogP contribution in [-0.4, -0.2) is 11.6 Å². The fraction of sp³-hybridized carbons (Fsp3) is 0.200. The van der Waals surface area contributed by atoms with E-state index in [1.165, 1.54) is 5.56 Å². The van der Waals surface area contributed by atoms with E-state index >= 15 is 0 Å². The number of hydrogen-bond donors (Lipinski definition) is 1. The van der Waals surface area contributed by atoms with Crippen molar-refractivity contribution in [2.75, 3.05) is 6.61 Å². The topological polar surface area (TPSA) is 57.9 Å². The first kappa shape index (κ1) is 11.7. The minimum Gasteiger partial charge on any atom is -0.491 e. The highest BCUT2D eigenvalue weighted by molar-refractivity contribution is 5.39. The molecule has 4 nitrogen and oxygen atoms in total. The molecule has 0 bridgehead atoms. The smallest absolute Gasteiger partial charge is 0.140 e. The highest BCUT2D eigenvalue weighted by Gasteiger charge is 2.22. The fourth-order valence-electron chi connectivity index (χ4n) is 2.22. The average molecular weight is 251 g/mol. The number of aromatic nitrogens is 1. The summed E-state index contributed by atoms with van der Waals surface area (Å²) in [5.41, 5.74) is 2.69.